The van der Waals surface area contributed by atoms with Crippen molar-refractivity contribution in [1.82, 2.24) is 4.98 Å². The van der Waals surface area contributed by atoms with Gasteiger partial charge in [0.15, 0.2) is 5.78 Å². The summed E-state index contributed by atoms with van der Waals surface area (Å²) in [4.78, 5) is 25.2. The molecule has 1 rings (SSSR count). The Bertz CT molecular complexity index is 443. The first-order chi connectivity index (χ1) is 7.52. The summed E-state index contributed by atoms with van der Waals surface area (Å²) in [6, 6.07) is 1.52. The quantitative estimate of drug-likeness (QED) is 0.629. The average Bonchev–Trinajstić information content (AvgIpc) is 2.25. The van der Waals surface area contributed by atoms with Crippen molar-refractivity contribution in [3.05, 3.63) is 24.0 Å². The molecule has 0 aliphatic heterocycles. The molecule has 0 fully saturated rings. The van der Waals surface area contributed by atoms with E-state index in [2.05, 4.69) is 10.3 Å². The number of aliphatic carboxylic acids is 1. The number of hydrogen-bond donors (Lipinski definition) is 3. The molecule has 0 spiro atoms. The van der Waals surface area contributed by atoms with Gasteiger partial charge in [-0.25, -0.2) is 0 Å². The fourth-order valence-electron chi connectivity index (χ4n) is 1.11. The molecule has 0 radical (unpaired) electrons. The van der Waals surface area contributed by atoms with Crippen LogP contribution < -0.4 is 5.32 Å². The molecule has 0 aliphatic rings. The van der Waals surface area contributed by atoms with Crippen molar-refractivity contribution < 1.29 is 14.7 Å². The Morgan fingerprint density at radius 1 is 1.56 bits per heavy atom. The molecule has 6 nitrogen and oxygen atoms in total. The smallest absolute Gasteiger partial charge is 0.322 e. The van der Waals surface area contributed by atoms with E-state index in [1.807, 2.05) is 0 Å². The number of nitrogens with zero attached hydrogens (tertiary/aromatic N) is 1. The Kier molecular flexibility index (Phi) is 3.71. The molecule has 0 aromatic carbocycles. The number of anilines is 1. The number of ketones is 1. The van der Waals surface area contributed by atoms with Crippen molar-refractivity contribution in [2.75, 3.05) is 11.9 Å². The zero-order valence-corrected chi connectivity index (χ0v) is 8.65. The minimum Gasteiger partial charge on any atom is -0.480 e. The van der Waals surface area contributed by atoms with Crippen LogP contribution in [0.1, 0.15) is 12.5 Å². The first kappa shape index (κ1) is 11.8. The van der Waals surface area contributed by atoms with Gasteiger partial charge in [0.25, 0.3) is 0 Å². The maximum Gasteiger partial charge on any atom is 0.322 e. The van der Waals surface area contributed by atoms with Crippen LogP contribution in [0.2, 0.25) is 0 Å². The number of carbonyl (C=O) groups excluding carboxylic acids is 1. The van der Waals surface area contributed by atoms with Gasteiger partial charge in [-0.3, -0.25) is 20.0 Å². The number of nitrogens with one attached hydrogen (secondary N) is 2. The molecule has 1 aromatic rings. The van der Waals surface area contributed by atoms with Crippen LogP contribution in [0.15, 0.2) is 18.5 Å². The molecule has 1 heterocycles. The molecule has 84 valence electrons. The lowest BCUT2D eigenvalue weighted by Crippen LogP contribution is -2.17. The predicted octanol–water partition coefficient (Wildman–Crippen LogP) is 0.535. The third-order valence-electron chi connectivity index (χ3n) is 1.87. The second-order valence-electron chi connectivity index (χ2n) is 3.10. The maximum atomic E-state index is 11.0. The second kappa shape index (κ2) is 5.01. The Balaban J connectivity index is 2.96. The van der Waals surface area contributed by atoms with Gasteiger partial charge in [-0.05, 0) is 6.07 Å². The fourth-order valence-corrected chi connectivity index (χ4v) is 1.11. The zero-order valence-electron chi connectivity index (χ0n) is 8.65. The lowest BCUT2D eigenvalue weighted by atomic mass is 10.1. The van der Waals surface area contributed by atoms with Gasteiger partial charge in [0.1, 0.15) is 12.3 Å². The number of hydrogen-bond acceptors (Lipinski definition) is 5. The van der Waals surface area contributed by atoms with Crippen LogP contribution in [-0.4, -0.2) is 34.1 Å². The Labute approximate surface area is 91.8 Å². The summed E-state index contributed by atoms with van der Waals surface area (Å²) in [5, 5.41) is 18.7. The summed E-state index contributed by atoms with van der Waals surface area (Å²) in [5.41, 5.74) is 0.523. The molecule has 6 heteroatoms. The lowest BCUT2D eigenvalue weighted by molar-refractivity contribution is -0.134. The normalized spacial score (nSPS) is 9.56. The number of carbonyl (C=O) groups is 2. The van der Waals surface area contributed by atoms with Gasteiger partial charge >= 0.3 is 5.97 Å². The van der Waals surface area contributed by atoms with E-state index >= 15 is 0 Å². The number of carboxylic acids is 1. The van der Waals surface area contributed by atoms with E-state index in [9.17, 15) is 9.59 Å². The monoisotopic (exact) mass is 221 g/mol. The highest BCUT2D eigenvalue weighted by Gasteiger charge is 2.12. The molecule has 0 amide bonds. The van der Waals surface area contributed by atoms with E-state index in [1.54, 1.807) is 0 Å². The molecule has 16 heavy (non-hydrogen) atoms. The van der Waals surface area contributed by atoms with Gasteiger partial charge in [0.05, 0.1) is 0 Å². The molecular formula is C10H11N3O3. The highest BCUT2D eigenvalue weighted by atomic mass is 16.4. The van der Waals surface area contributed by atoms with Crippen molar-refractivity contribution in [2.45, 2.75) is 6.92 Å². The molecule has 0 saturated heterocycles. The Morgan fingerprint density at radius 2 is 2.25 bits per heavy atom. The Morgan fingerprint density at radius 3 is 2.81 bits per heavy atom. The summed E-state index contributed by atoms with van der Waals surface area (Å²) in [6.45, 7) is 0.999. The van der Waals surface area contributed by atoms with Crippen LogP contribution in [0, 0.1) is 5.41 Å². The third-order valence-corrected chi connectivity index (χ3v) is 1.87. The van der Waals surface area contributed by atoms with Crippen LogP contribution in [0.4, 0.5) is 5.69 Å². The Hall–Kier alpha value is -2.24. The van der Waals surface area contributed by atoms with Crippen molar-refractivity contribution in [3.63, 3.8) is 0 Å². The molecular weight excluding hydrogens is 210 g/mol. The first-order valence-electron chi connectivity index (χ1n) is 4.52. The number of Topliss-reactive ketones (excluding diaryl/α,β-unsaturated/α-hetero) is 1. The van der Waals surface area contributed by atoms with Crippen molar-refractivity contribution >= 4 is 23.2 Å². The molecule has 0 saturated carbocycles. The summed E-state index contributed by atoms with van der Waals surface area (Å²) in [5.74, 6) is -1.41. The van der Waals surface area contributed by atoms with E-state index in [0.29, 0.717) is 11.3 Å². The molecule has 3 N–H and O–H groups in total. The lowest BCUT2D eigenvalue weighted by Gasteiger charge is -2.08. The van der Waals surface area contributed by atoms with E-state index in [1.165, 1.54) is 25.4 Å². The van der Waals surface area contributed by atoms with Crippen LogP contribution in [0.3, 0.4) is 0 Å². The van der Waals surface area contributed by atoms with Crippen LogP contribution in [-0.2, 0) is 9.59 Å². The molecule has 0 aliphatic carbocycles. The van der Waals surface area contributed by atoms with E-state index in [4.69, 9.17) is 10.5 Å². The van der Waals surface area contributed by atoms with Gasteiger partial charge in [-0.1, -0.05) is 0 Å². The summed E-state index contributed by atoms with van der Waals surface area (Å²) < 4.78 is 0. The van der Waals surface area contributed by atoms with Gasteiger partial charge in [-0.2, -0.15) is 0 Å². The maximum absolute atomic E-state index is 11.0. The van der Waals surface area contributed by atoms with Crippen LogP contribution in [0.5, 0.6) is 0 Å². The molecule has 0 atom stereocenters. The zero-order chi connectivity index (χ0) is 12.1. The van der Waals surface area contributed by atoms with Gasteiger partial charge in [0, 0.05) is 30.6 Å². The number of pyridine rings is 1. The van der Waals surface area contributed by atoms with Gasteiger partial charge in [-0.15, -0.1) is 0 Å². The minimum absolute atomic E-state index is 0.194. The third kappa shape index (κ3) is 2.88. The standard InChI is InChI=1S/C10H11N3O3/c1-6(14)10(11)7-4-12-3-2-8(7)13-5-9(15)16/h2-4,11H,5H2,1H3,(H,12,13)(H,15,16). The van der Waals surface area contributed by atoms with Gasteiger partial charge < -0.3 is 10.4 Å². The first-order valence-corrected chi connectivity index (χ1v) is 4.52. The average molecular weight is 221 g/mol. The van der Waals surface area contributed by atoms with Crippen LogP contribution >= 0.6 is 0 Å². The number of carboxylic acid groups (broad SMARTS) is 1. The number of aromatic nitrogens is 1. The van der Waals surface area contributed by atoms with E-state index in [-0.39, 0.29) is 12.3 Å². The van der Waals surface area contributed by atoms with Crippen molar-refractivity contribution in [3.8, 4) is 0 Å². The molecule has 0 unspecified atom stereocenters. The highest BCUT2D eigenvalue weighted by molar-refractivity contribution is 6.45. The van der Waals surface area contributed by atoms with Crippen molar-refractivity contribution in [2.24, 2.45) is 0 Å². The highest BCUT2D eigenvalue weighted by Crippen LogP contribution is 2.14. The number of rotatable bonds is 5. The van der Waals surface area contributed by atoms with E-state index in [0.717, 1.165) is 0 Å². The van der Waals surface area contributed by atoms with Crippen LogP contribution in [0.25, 0.3) is 0 Å². The molecule has 1 aromatic heterocycles. The largest absolute Gasteiger partial charge is 0.480 e. The second-order valence-corrected chi connectivity index (χ2v) is 3.10. The van der Waals surface area contributed by atoms with Gasteiger partial charge in [0.2, 0.25) is 0 Å². The summed E-state index contributed by atoms with van der Waals surface area (Å²) in [7, 11) is 0. The SMILES string of the molecule is CC(=O)C(=N)c1cnccc1NCC(=O)O. The van der Waals surface area contributed by atoms with Crippen molar-refractivity contribution in [1.29, 1.82) is 5.41 Å². The fraction of sp³-hybridized carbons (Fsp3) is 0.200. The summed E-state index contributed by atoms with van der Waals surface area (Å²) in [6.07, 6.45) is 2.81. The summed E-state index contributed by atoms with van der Waals surface area (Å²) >= 11 is 0. The van der Waals surface area contributed by atoms with E-state index < -0.39 is 11.8 Å². The topological polar surface area (TPSA) is 103 Å². The molecule has 0 bridgehead atoms. The minimum atomic E-state index is -1.02. The predicted molar refractivity (Wildman–Crippen MR) is 57.9 cm³/mol.